The molecule has 3 aromatic rings. The highest BCUT2D eigenvalue weighted by Gasteiger charge is 2.30. The zero-order chi connectivity index (χ0) is 25.7. The number of sulfonamides is 1. The van der Waals surface area contributed by atoms with E-state index in [9.17, 15) is 13.2 Å². The normalized spacial score (nSPS) is 20.1. The molecule has 196 valence electrons. The molecule has 0 unspecified atom stereocenters. The van der Waals surface area contributed by atoms with Crippen molar-refractivity contribution in [3.05, 3.63) is 58.8 Å². The molecule has 7 nitrogen and oxygen atoms in total. The molecule has 1 saturated carbocycles. The maximum absolute atomic E-state index is 12.5. The van der Waals surface area contributed by atoms with Crippen molar-refractivity contribution in [1.29, 1.82) is 0 Å². The van der Waals surface area contributed by atoms with Gasteiger partial charge in [0, 0.05) is 43.8 Å². The van der Waals surface area contributed by atoms with Crippen LogP contribution in [0.4, 0.5) is 0 Å². The Bertz CT molecular complexity index is 1450. The average molecular weight is 521 g/mol. The number of nitrogens with one attached hydrogen (secondary N) is 1. The highest BCUT2D eigenvalue weighted by Crippen LogP contribution is 2.39. The van der Waals surface area contributed by atoms with Crippen LogP contribution >= 0.6 is 0 Å². The first-order valence-corrected chi connectivity index (χ1v) is 15.2. The predicted molar refractivity (Wildman–Crippen MR) is 147 cm³/mol. The van der Waals surface area contributed by atoms with E-state index in [2.05, 4.69) is 34.1 Å². The van der Waals surface area contributed by atoms with E-state index in [1.165, 1.54) is 36.8 Å². The number of aromatic amines is 1. The number of hydrogen-bond donors (Lipinski definition) is 2. The van der Waals surface area contributed by atoms with Crippen molar-refractivity contribution in [3.8, 4) is 11.1 Å². The number of benzene rings is 2. The third-order valence-electron chi connectivity index (χ3n) is 8.87. The minimum absolute atomic E-state index is 0.134. The van der Waals surface area contributed by atoms with E-state index in [0.29, 0.717) is 24.7 Å². The smallest absolute Gasteiger partial charge is 0.250 e. The number of piperidine rings is 1. The number of amides is 1. The molecular weight excluding hydrogens is 484 g/mol. The number of carbonyl (C=O) groups is 1. The Morgan fingerprint density at radius 1 is 1.00 bits per heavy atom. The summed E-state index contributed by atoms with van der Waals surface area (Å²) < 4.78 is 26.3. The average Bonchev–Trinajstić information content (AvgIpc) is 3.67. The van der Waals surface area contributed by atoms with Crippen molar-refractivity contribution in [2.24, 2.45) is 5.73 Å². The van der Waals surface area contributed by atoms with Gasteiger partial charge in [0.25, 0.3) is 5.91 Å². The lowest BCUT2D eigenvalue weighted by Gasteiger charge is -2.31. The van der Waals surface area contributed by atoms with E-state index in [1.54, 1.807) is 11.2 Å². The summed E-state index contributed by atoms with van der Waals surface area (Å²) in [6.45, 7) is 4.77. The van der Waals surface area contributed by atoms with Gasteiger partial charge in [0.1, 0.15) is 0 Å². The summed E-state index contributed by atoms with van der Waals surface area (Å²) in [7, 11) is -3.17. The number of nitrogens with two attached hydrogens (primary N) is 1. The number of nitrogens with zero attached hydrogens (tertiary/aromatic N) is 2. The van der Waals surface area contributed by atoms with E-state index in [0.717, 1.165) is 53.5 Å². The van der Waals surface area contributed by atoms with Gasteiger partial charge in [-0.3, -0.25) is 9.69 Å². The van der Waals surface area contributed by atoms with Crippen molar-refractivity contribution >= 4 is 26.8 Å². The molecule has 37 heavy (non-hydrogen) atoms. The molecule has 1 aromatic heterocycles. The van der Waals surface area contributed by atoms with Gasteiger partial charge in [-0.05, 0) is 84.5 Å². The molecule has 8 heteroatoms. The molecule has 1 saturated heterocycles. The Morgan fingerprint density at radius 3 is 2.43 bits per heavy atom. The van der Waals surface area contributed by atoms with Crippen LogP contribution < -0.4 is 5.73 Å². The Labute approximate surface area is 219 Å². The van der Waals surface area contributed by atoms with E-state index in [-0.39, 0.29) is 11.7 Å². The van der Waals surface area contributed by atoms with Crippen molar-refractivity contribution in [3.63, 3.8) is 0 Å². The molecule has 0 radical (unpaired) electrons. The fourth-order valence-electron chi connectivity index (χ4n) is 6.71. The van der Waals surface area contributed by atoms with Crippen molar-refractivity contribution in [2.75, 3.05) is 18.8 Å². The van der Waals surface area contributed by atoms with Crippen LogP contribution in [0, 0.1) is 0 Å². The van der Waals surface area contributed by atoms with Crippen LogP contribution in [0.1, 0.15) is 78.4 Å². The number of primary amides is 1. The molecule has 1 amide bonds. The van der Waals surface area contributed by atoms with Crippen LogP contribution in [0.5, 0.6) is 0 Å². The van der Waals surface area contributed by atoms with Gasteiger partial charge < -0.3 is 10.7 Å². The summed E-state index contributed by atoms with van der Waals surface area (Å²) in [4.78, 5) is 18.4. The molecular formula is C29H36N4O3S. The Kier molecular flexibility index (Phi) is 6.37. The third kappa shape index (κ3) is 4.49. The SMILES string of the molecule is CCS(=O)(=O)N1CCC(c2c[nH]c3c(C(N)=O)cc(-c4ccc5c(c4)CN(C4CCCC4)C5)cc23)CC1. The Balaban J connectivity index is 1.32. The number of aromatic nitrogens is 1. The first kappa shape index (κ1) is 24.6. The molecule has 0 spiro atoms. The largest absolute Gasteiger partial charge is 0.366 e. The third-order valence-corrected chi connectivity index (χ3v) is 10.7. The van der Waals surface area contributed by atoms with Crippen molar-refractivity contribution in [1.82, 2.24) is 14.2 Å². The fraction of sp³-hybridized carbons (Fsp3) is 0.483. The summed E-state index contributed by atoms with van der Waals surface area (Å²) in [5, 5.41) is 1.01. The highest BCUT2D eigenvalue weighted by molar-refractivity contribution is 7.89. The summed E-state index contributed by atoms with van der Waals surface area (Å²) >= 11 is 0. The zero-order valence-corrected chi connectivity index (χ0v) is 22.3. The van der Waals surface area contributed by atoms with Gasteiger partial charge in [0.2, 0.25) is 10.0 Å². The number of H-pyrrole nitrogens is 1. The lowest BCUT2D eigenvalue weighted by molar-refractivity contribution is 0.100. The van der Waals surface area contributed by atoms with Gasteiger partial charge in [-0.25, -0.2) is 12.7 Å². The molecule has 0 bridgehead atoms. The summed E-state index contributed by atoms with van der Waals surface area (Å²) in [6.07, 6.45) is 8.79. The molecule has 3 heterocycles. The van der Waals surface area contributed by atoms with Crippen LogP contribution in [0.3, 0.4) is 0 Å². The second-order valence-electron chi connectivity index (χ2n) is 11.0. The van der Waals surface area contributed by atoms with Crippen LogP contribution in [-0.2, 0) is 23.1 Å². The maximum atomic E-state index is 12.5. The lowest BCUT2D eigenvalue weighted by Crippen LogP contribution is -2.38. The molecule has 3 aliphatic rings. The van der Waals surface area contributed by atoms with E-state index in [4.69, 9.17) is 5.73 Å². The minimum atomic E-state index is -3.17. The van der Waals surface area contributed by atoms with Gasteiger partial charge in [0.05, 0.1) is 16.8 Å². The number of rotatable bonds is 6. The molecule has 6 rings (SSSR count). The topological polar surface area (TPSA) is 99.5 Å². The molecule has 2 fully saturated rings. The molecule has 0 atom stereocenters. The van der Waals surface area contributed by atoms with E-state index in [1.807, 2.05) is 12.3 Å². The van der Waals surface area contributed by atoms with Gasteiger partial charge in [-0.15, -0.1) is 0 Å². The fourth-order valence-corrected chi connectivity index (χ4v) is 7.84. The first-order valence-electron chi connectivity index (χ1n) is 13.6. The Morgan fingerprint density at radius 2 is 1.73 bits per heavy atom. The number of fused-ring (bicyclic) bond motifs is 2. The van der Waals surface area contributed by atoms with Crippen LogP contribution in [0.25, 0.3) is 22.0 Å². The molecule has 2 aromatic carbocycles. The summed E-state index contributed by atoms with van der Waals surface area (Å²) in [6, 6.07) is 11.5. The quantitative estimate of drug-likeness (QED) is 0.491. The lowest BCUT2D eigenvalue weighted by atomic mass is 9.88. The monoisotopic (exact) mass is 520 g/mol. The first-order chi connectivity index (χ1) is 17.8. The summed E-state index contributed by atoms with van der Waals surface area (Å²) in [5.41, 5.74) is 13.1. The van der Waals surface area contributed by atoms with Gasteiger partial charge in [0.15, 0.2) is 0 Å². The second kappa shape index (κ2) is 9.57. The number of hydrogen-bond acceptors (Lipinski definition) is 4. The number of carbonyl (C=O) groups excluding carboxylic acids is 1. The van der Waals surface area contributed by atoms with E-state index >= 15 is 0 Å². The van der Waals surface area contributed by atoms with Crippen molar-refractivity contribution in [2.45, 2.75) is 70.5 Å². The molecule has 3 N–H and O–H groups in total. The highest BCUT2D eigenvalue weighted by atomic mass is 32.2. The van der Waals surface area contributed by atoms with E-state index < -0.39 is 15.9 Å². The molecule has 1 aliphatic carbocycles. The summed E-state index contributed by atoms with van der Waals surface area (Å²) in [5.74, 6) is -0.0827. The van der Waals surface area contributed by atoms with Crippen molar-refractivity contribution < 1.29 is 13.2 Å². The Hall–Kier alpha value is -2.68. The molecule has 2 aliphatic heterocycles. The van der Waals surface area contributed by atoms with Gasteiger partial charge in [-0.2, -0.15) is 0 Å². The van der Waals surface area contributed by atoms with Crippen LogP contribution in [-0.4, -0.2) is 53.4 Å². The minimum Gasteiger partial charge on any atom is -0.366 e. The van der Waals surface area contributed by atoms with Crippen LogP contribution in [0.15, 0.2) is 36.5 Å². The van der Waals surface area contributed by atoms with Gasteiger partial charge in [-0.1, -0.05) is 25.0 Å². The van der Waals surface area contributed by atoms with Gasteiger partial charge >= 0.3 is 0 Å². The maximum Gasteiger partial charge on any atom is 0.250 e. The predicted octanol–water partition coefficient (Wildman–Crippen LogP) is 4.72. The standard InChI is InChI=1S/C29H36N4O3S/c1-2-37(35,36)33-11-9-19(10-12-33)27-16-31-28-25(27)14-22(15-26(28)29(30)34)20-7-8-21-17-32(18-23(21)13-20)24-5-3-4-6-24/h7-8,13-16,19,24,31H,2-6,9-12,17-18H2,1H3,(H2,30,34). The van der Waals surface area contributed by atoms with Crippen LogP contribution in [0.2, 0.25) is 0 Å². The second-order valence-corrected chi connectivity index (χ2v) is 13.2. The zero-order valence-electron chi connectivity index (χ0n) is 21.5.